The molecule has 0 amide bonds. The molecule has 3 heteroatoms. The Morgan fingerprint density at radius 3 is 2.56 bits per heavy atom. The number of hydrogen-bond donors (Lipinski definition) is 0. The molecule has 92 valence electrons. The monoisotopic (exact) mass is 226 g/mol. The Morgan fingerprint density at radius 2 is 2.06 bits per heavy atom. The number of carbonyl (C=O) groups excluding carboxylic acids is 1. The zero-order chi connectivity index (χ0) is 11.8. The molecule has 1 saturated carbocycles. The molecule has 1 saturated heterocycles. The summed E-state index contributed by atoms with van der Waals surface area (Å²) in [5, 5.41) is 0. The van der Waals surface area contributed by atoms with Gasteiger partial charge in [0.1, 0.15) is 5.60 Å². The van der Waals surface area contributed by atoms with Crippen LogP contribution in [-0.4, -0.2) is 24.3 Å². The minimum absolute atomic E-state index is 0.141. The highest BCUT2D eigenvalue weighted by atomic mass is 16.7. The van der Waals surface area contributed by atoms with Gasteiger partial charge in [-0.2, -0.15) is 0 Å². The van der Waals surface area contributed by atoms with E-state index in [-0.39, 0.29) is 17.7 Å². The highest BCUT2D eigenvalue weighted by molar-refractivity contribution is 5.79. The third-order valence-corrected chi connectivity index (χ3v) is 4.09. The van der Waals surface area contributed by atoms with E-state index in [1.807, 2.05) is 6.92 Å². The van der Waals surface area contributed by atoms with E-state index in [1.165, 1.54) is 12.8 Å². The van der Waals surface area contributed by atoms with E-state index in [0.717, 1.165) is 24.7 Å². The van der Waals surface area contributed by atoms with Crippen LogP contribution in [0.4, 0.5) is 0 Å². The van der Waals surface area contributed by atoms with Gasteiger partial charge in [-0.25, -0.2) is 4.79 Å². The van der Waals surface area contributed by atoms with Crippen LogP contribution in [0.3, 0.4) is 0 Å². The first-order valence-corrected chi connectivity index (χ1v) is 6.43. The van der Waals surface area contributed by atoms with Gasteiger partial charge >= 0.3 is 5.97 Å². The Labute approximate surface area is 97.5 Å². The van der Waals surface area contributed by atoms with Crippen LogP contribution < -0.4 is 0 Å². The lowest BCUT2D eigenvalue weighted by atomic mass is 9.75. The summed E-state index contributed by atoms with van der Waals surface area (Å²) in [6, 6.07) is 0. The van der Waals surface area contributed by atoms with Crippen LogP contribution in [0.5, 0.6) is 0 Å². The Hall–Kier alpha value is -0.570. The maximum absolute atomic E-state index is 11.5. The van der Waals surface area contributed by atoms with Crippen molar-refractivity contribution in [2.24, 2.45) is 11.8 Å². The zero-order valence-corrected chi connectivity index (χ0v) is 10.5. The fourth-order valence-electron chi connectivity index (χ4n) is 2.86. The van der Waals surface area contributed by atoms with E-state index < -0.39 is 0 Å². The molecular formula is C13H22O3. The van der Waals surface area contributed by atoms with Gasteiger partial charge in [0.05, 0.1) is 6.61 Å². The first-order chi connectivity index (χ1) is 7.59. The number of esters is 1. The summed E-state index contributed by atoms with van der Waals surface area (Å²) in [5.74, 6) is 1.39. The van der Waals surface area contributed by atoms with Gasteiger partial charge in [-0.1, -0.05) is 13.8 Å². The fraction of sp³-hybridized carbons (Fsp3) is 0.923. The molecule has 1 unspecified atom stereocenters. The summed E-state index contributed by atoms with van der Waals surface area (Å²) < 4.78 is 10.6. The van der Waals surface area contributed by atoms with Crippen molar-refractivity contribution >= 4 is 5.97 Å². The van der Waals surface area contributed by atoms with Gasteiger partial charge in [0.25, 0.3) is 0 Å². The highest BCUT2D eigenvalue weighted by Gasteiger charge is 2.62. The van der Waals surface area contributed by atoms with Crippen LogP contribution in [0.15, 0.2) is 0 Å². The summed E-state index contributed by atoms with van der Waals surface area (Å²) in [6.07, 6.45) is 4.17. The van der Waals surface area contributed by atoms with Crippen LogP contribution in [0.25, 0.3) is 0 Å². The lowest BCUT2D eigenvalue weighted by molar-refractivity contribution is -0.144. The van der Waals surface area contributed by atoms with Crippen LogP contribution in [0, 0.1) is 11.8 Å². The molecule has 2 rings (SSSR count). The minimum atomic E-state index is -0.263. The van der Waals surface area contributed by atoms with Crippen molar-refractivity contribution in [3.8, 4) is 0 Å². The summed E-state index contributed by atoms with van der Waals surface area (Å²) in [5.41, 5.74) is -0.141. The molecule has 1 aliphatic carbocycles. The number of epoxide rings is 1. The average Bonchev–Trinajstić information content (AvgIpc) is 2.93. The predicted molar refractivity (Wildman–Crippen MR) is 61.0 cm³/mol. The quantitative estimate of drug-likeness (QED) is 0.548. The Balaban J connectivity index is 1.84. The van der Waals surface area contributed by atoms with E-state index in [1.54, 1.807) is 0 Å². The third kappa shape index (κ3) is 2.10. The van der Waals surface area contributed by atoms with E-state index in [9.17, 15) is 4.79 Å². The molecule has 3 nitrogen and oxygen atoms in total. The Morgan fingerprint density at radius 1 is 1.44 bits per heavy atom. The van der Waals surface area contributed by atoms with Crippen molar-refractivity contribution < 1.29 is 14.3 Å². The molecule has 16 heavy (non-hydrogen) atoms. The molecule has 0 radical (unpaired) electrons. The molecule has 1 atom stereocenters. The topological polar surface area (TPSA) is 38.8 Å². The van der Waals surface area contributed by atoms with Crippen molar-refractivity contribution in [2.75, 3.05) is 6.61 Å². The smallest absolute Gasteiger partial charge is 0.338 e. The van der Waals surface area contributed by atoms with E-state index >= 15 is 0 Å². The molecule has 1 spiro atoms. The molecule has 1 aliphatic heterocycles. The van der Waals surface area contributed by atoms with Crippen molar-refractivity contribution in [1.82, 2.24) is 0 Å². The van der Waals surface area contributed by atoms with Gasteiger partial charge in [0.15, 0.2) is 6.10 Å². The number of rotatable bonds is 3. The van der Waals surface area contributed by atoms with Crippen molar-refractivity contribution in [3.63, 3.8) is 0 Å². The van der Waals surface area contributed by atoms with Crippen LogP contribution in [0.1, 0.15) is 46.5 Å². The maximum atomic E-state index is 11.5. The van der Waals surface area contributed by atoms with E-state index in [2.05, 4.69) is 13.8 Å². The van der Waals surface area contributed by atoms with Crippen molar-refractivity contribution in [3.05, 3.63) is 0 Å². The fourth-order valence-corrected chi connectivity index (χ4v) is 2.86. The molecule has 0 aromatic carbocycles. The SMILES string of the molecule is CCOC(=O)C1OC12CCC(C(C)C)CC2. The van der Waals surface area contributed by atoms with E-state index in [4.69, 9.17) is 9.47 Å². The summed E-state index contributed by atoms with van der Waals surface area (Å²) in [7, 11) is 0. The molecule has 0 aromatic rings. The molecule has 0 bridgehead atoms. The molecule has 0 aromatic heterocycles. The lowest BCUT2D eigenvalue weighted by Gasteiger charge is -2.29. The van der Waals surface area contributed by atoms with Gasteiger partial charge < -0.3 is 9.47 Å². The second kappa shape index (κ2) is 4.36. The van der Waals surface area contributed by atoms with E-state index in [0.29, 0.717) is 6.61 Å². The van der Waals surface area contributed by atoms with Gasteiger partial charge in [-0.05, 0) is 44.4 Å². The van der Waals surface area contributed by atoms with Gasteiger partial charge in [0.2, 0.25) is 0 Å². The van der Waals surface area contributed by atoms with Gasteiger partial charge in [-0.15, -0.1) is 0 Å². The second-order valence-electron chi connectivity index (χ2n) is 5.40. The second-order valence-corrected chi connectivity index (χ2v) is 5.40. The largest absolute Gasteiger partial charge is 0.464 e. The number of hydrogen-bond acceptors (Lipinski definition) is 3. The minimum Gasteiger partial charge on any atom is -0.464 e. The predicted octanol–water partition coefficient (Wildman–Crippen LogP) is 2.53. The van der Waals surface area contributed by atoms with Crippen molar-refractivity contribution in [2.45, 2.75) is 58.2 Å². The van der Waals surface area contributed by atoms with Gasteiger partial charge in [0, 0.05) is 0 Å². The first kappa shape index (κ1) is 11.9. The number of ether oxygens (including phenoxy) is 2. The normalized spacial score (nSPS) is 37.8. The number of carbonyl (C=O) groups is 1. The Bertz CT molecular complexity index is 264. The molecule has 0 N–H and O–H groups in total. The molecule has 2 fully saturated rings. The first-order valence-electron chi connectivity index (χ1n) is 6.43. The molecule has 1 heterocycles. The van der Waals surface area contributed by atoms with Gasteiger partial charge in [-0.3, -0.25) is 0 Å². The Kier molecular flexibility index (Phi) is 3.24. The lowest BCUT2D eigenvalue weighted by Crippen LogP contribution is -2.29. The van der Waals surface area contributed by atoms with Crippen LogP contribution >= 0.6 is 0 Å². The van der Waals surface area contributed by atoms with Crippen LogP contribution in [0.2, 0.25) is 0 Å². The standard InChI is InChI=1S/C13H22O3/c1-4-15-12(14)11-13(16-11)7-5-10(6-8-13)9(2)3/h9-11H,4-8H2,1-3H3. The van der Waals surface area contributed by atoms with Crippen LogP contribution in [-0.2, 0) is 14.3 Å². The zero-order valence-electron chi connectivity index (χ0n) is 10.5. The summed E-state index contributed by atoms with van der Waals surface area (Å²) >= 11 is 0. The molecule has 2 aliphatic rings. The summed E-state index contributed by atoms with van der Waals surface area (Å²) in [6.45, 7) is 6.84. The molecular weight excluding hydrogens is 204 g/mol. The van der Waals surface area contributed by atoms with Crippen molar-refractivity contribution in [1.29, 1.82) is 0 Å². The summed E-state index contributed by atoms with van der Waals surface area (Å²) in [4.78, 5) is 11.5. The average molecular weight is 226 g/mol. The third-order valence-electron chi connectivity index (χ3n) is 4.09. The highest BCUT2D eigenvalue weighted by Crippen LogP contribution is 2.51. The maximum Gasteiger partial charge on any atom is 0.338 e.